The van der Waals surface area contributed by atoms with Crippen molar-refractivity contribution in [1.82, 2.24) is 15.1 Å². The second-order valence-corrected chi connectivity index (χ2v) is 5.24. The number of hydrogen-bond acceptors (Lipinski definition) is 8. The second-order valence-electron chi connectivity index (χ2n) is 4.84. The number of rotatable bonds is 6. The Morgan fingerprint density at radius 3 is 2.60 bits per heavy atom. The maximum Gasteiger partial charge on any atom is 0.289 e. The molecule has 0 saturated heterocycles. The predicted octanol–water partition coefficient (Wildman–Crippen LogP) is 3.71. The molecule has 2 aromatic heterocycles. The van der Waals surface area contributed by atoms with Gasteiger partial charge < -0.3 is 14.0 Å². The molecule has 0 aliphatic heterocycles. The first-order chi connectivity index (χ1) is 12.0. The van der Waals surface area contributed by atoms with Crippen molar-refractivity contribution >= 4 is 17.3 Å². The highest BCUT2D eigenvalue weighted by atomic mass is 35.5. The summed E-state index contributed by atoms with van der Waals surface area (Å²) in [5.41, 5.74) is -0.211. The number of nitro groups is 1. The number of hydrogen-bond donors (Lipinski definition) is 0. The number of benzene rings is 1. The van der Waals surface area contributed by atoms with Crippen LogP contribution in [0.25, 0.3) is 0 Å². The van der Waals surface area contributed by atoms with Crippen molar-refractivity contribution in [2.24, 2.45) is 0 Å². The normalized spacial score (nSPS) is 10.5. The molecule has 0 atom stereocenters. The molecule has 0 aliphatic rings. The molecule has 128 valence electrons. The fraction of sp³-hybridized carbons (Fsp3) is 0.133. The predicted molar refractivity (Wildman–Crippen MR) is 85.8 cm³/mol. The van der Waals surface area contributed by atoms with Gasteiger partial charge in [0.1, 0.15) is 22.7 Å². The molecule has 25 heavy (non-hydrogen) atoms. The molecular weight excluding hydrogens is 352 g/mol. The molecule has 2 heterocycles. The monoisotopic (exact) mass is 362 g/mol. The van der Waals surface area contributed by atoms with Crippen LogP contribution in [0.5, 0.6) is 17.4 Å². The van der Waals surface area contributed by atoms with Crippen LogP contribution in [0.15, 0.2) is 41.1 Å². The Hall–Kier alpha value is -3.20. The summed E-state index contributed by atoms with van der Waals surface area (Å²) in [6, 6.07) is 7.82. The van der Waals surface area contributed by atoms with Crippen molar-refractivity contribution in [1.29, 1.82) is 0 Å². The minimum Gasteiger partial charge on any atom is -0.484 e. The molecule has 0 amide bonds. The quantitative estimate of drug-likeness (QED) is 0.481. The fourth-order valence-corrected chi connectivity index (χ4v) is 2.05. The van der Waals surface area contributed by atoms with E-state index in [0.717, 1.165) is 6.20 Å². The zero-order chi connectivity index (χ0) is 17.8. The van der Waals surface area contributed by atoms with Crippen molar-refractivity contribution in [3.63, 3.8) is 0 Å². The van der Waals surface area contributed by atoms with Crippen molar-refractivity contribution in [2.75, 3.05) is 0 Å². The van der Waals surface area contributed by atoms with Gasteiger partial charge in [0, 0.05) is 6.07 Å². The van der Waals surface area contributed by atoms with E-state index in [0.29, 0.717) is 23.2 Å². The van der Waals surface area contributed by atoms with Gasteiger partial charge in [0.2, 0.25) is 5.88 Å². The van der Waals surface area contributed by atoms with Crippen LogP contribution < -0.4 is 9.47 Å². The SMILES string of the molecule is Cc1noc(COc2ccc(Oc3ncc([N+](=O)[O-])cc3Cl)cc2)n1. The van der Waals surface area contributed by atoms with Crippen LogP contribution in [-0.2, 0) is 6.61 Å². The van der Waals surface area contributed by atoms with Crippen LogP contribution in [0.1, 0.15) is 11.7 Å². The number of ether oxygens (including phenoxy) is 2. The molecule has 0 aliphatic carbocycles. The van der Waals surface area contributed by atoms with Gasteiger partial charge >= 0.3 is 0 Å². The minimum absolute atomic E-state index is 0.0429. The van der Waals surface area contributed by atoms with Gasteiger partial charge in [-0.1, -0.05) is 16.8 Å². The molecular formula is C15H11ClN4O5. The van der Waals surface area contributed by atoms with Crippen LogP contribution in [0, 0.1) is 17.0 Å². The van der Waals surface area contributed by atoms with E-state index in [2.05, 4.69) is 15.1 Å². The third-order valence-corrected chi connectivity index (χ3v) is 3.24. The zero-order valence-electron chi connectivity index (χ0n) is 12.9. The first kappa shape index (κ1) is 16.7. The summed E-state index contributed by atoms with van der Waals surface area (Å²) in [5.74, 6) is 2.01. The highest BCUT2D eigenvalue weighted by molar-refractivity contribution is 6.32. The lowest BCUT2D eigenvalue weighted by Crippen LogP contribution is -1.96. The average molecular weight is 363 g/mol. The van der Waals surface area contributed by atoms with Crippen molar-refractivity contribution in [3.8, 4) is 17.4 Å². The van der Waals surface area contributed by atoms with Gasteiger partial charge in [0.15, 0.2) is 12.4 Å². The lowest BCUT2D eigenvalue weighted by Gasteiger charge is -2.07. The summed E-state index contributed by atoms with van der Waals surface area (Å²) >= 11 is 5.93. The number of halogens is 1. The third kappa shape index (κ3) is 4.21. The van der Waals surface area contributed by atoms with Crippen LogP contribution in [-0.4, -0.2) is 20.0 Å². The Bertz CT molecular complexity index is 897. The molecule has 3 aromatic rings. The number of pyridine rings is 1. The van der Waals surface area contributed by atoms with Crippen LogP contribution in [0.3, 0.4) is 0 Å². The van der Waals surface area contributed by atoms with Gasteiger partial charge in [-0.15, -0.1) is 0 Å². The molecule has 9 nitrogen and oxygen atoms in total. The molecule has 1 aromatic carbocycles. The summed E-state index contributed by atoms with van der Waals surface area (Å²) in [6.07, 6.45) is 1.07. The number of aryl methyl sites for hydroxylation is 1. The molecule has 3 rings (SSSR count). The van der Waals surface area contributed by atoms with Crippen molar-refractivity contribution in [2.45, 2.75) is 13.5 Å². The summed E-state index contributed by atoms with van der Waals surface area (Å²) in [6.45, 7) is 1.87. The second kappa shape index (κ2) is 7.14. The van der Waals surface area contributed by atoms with Crippen molar-refractivity contribution in [3.05, 3.63) is 63.4 Å². The molecule has 10 heteroatoms. The summed E-state index contributed by atoms with van der Waals surface area (Å²) in [5, 5.41) is 14.4. The van der Waals surface area contributed by atoms with E-state index in [1.165, 1.54) is 6.07 Å². The molecule has 0 N–H and O–H groups in total. The molecule has 0 fully saturated rings. The first-order valence-corrected chi connectivity index (χ1v) is 7.39. The topological polar surface area (TPSA) is 113 Å². The fourth-order valence-electron chi connectivity index (χ4n) is 1.85. The summed E-state index contributed by atoms with van der Waals surface area (Å²) in [4.78, 5) is 17.9. The third-order valence-electron chi connectivity index (χ3n) is 2.97. The van der Waals surface area contributed by atoms with E-state index in [1.807, 2.05) is 0 Å². The van der Waals surface area contributed by atoms with Crippen molar-refractivity contribution < 1.29 is 18.9 Å². The summed E-state index contributed by atoms with van der Waals surface area (Å²) < 4.78 is 16.0. The molecule has 0 radical (unpaired) electrons. The Morgan fingerprint density at radius 1 is 1.28 bits per heavy atom. The Balaban J connectivity index is 1.63. The number of nitrogens with zero attached hydrogens (tertiary/aromatic N) is 4. The highest BCUT2D eigenvalue weighted by Gasteiger charge is 2.12. The Kier molecular flexibility index (Phi) is 4.75. The maximum atomic E-state index is 10.7. The van der Waals surface area contributed by atoms with Crippen LogP contribution >= 0.6 is 11.6 Å². The van der Waals surface area contributed by atoms with E-state index in [1.54, 1.807) is 31.2 Å². The Labute approximate surface area is 146 Å². The average Bonchev–Trinajstić information content (AvgIpc) is 3.01. The van der Waals surface area contributed by atoms with Gasteiger partial charge in [-0.2, -0.15) is 4.98 Å². The largest absolute Gasteiger partial charge is 0.484 e. The standard InChI is InChI=1S/C15H11ClN4O5/c1-9-18-14(25-19-9)8-23-11-2-4-12(5-3-11)24-15-13(16)6-10(7-17-15)20(21)22/h2-7H,8H2,1H3. The van der Waals surface area contributed by atoms with E-state index in [4.69, 9.17) is 25.6 Å². The van der Waals surface area contributed by atoms with Gasteiger partial charge in [-0.3, -0.25) is 10.1 Å². The molecule has 0 saturated carbocycles. The van der Waals surface area contributed by atoms with Gasteiger partial charge in [-0.05, 0) is 31.2 Å². The van der Waals surface area contributed by atoms with E-state index >= 15 is 0 Å². The van der Waals surface area contributed by atoms with Gasteiger partial charge in [0.05, 0.1) is 4.92 Å². The van der Waals surface area contributed by atoms with E-state index in [9.17, 15) is 10.1 Å². The molecule has 0 bridgehead atoms. The smallest absolute Gasteiger partial charge is 0.289 e. The summed E-state index contributed by atoms with van der Waals surface area (Å²) in [7, 11) is 0. The van der Waals surface area contributed by atoms with E-state index < -0.39 is 4.92 Å². The Morgan fingerprint density at radius 2 is 2.00 bits per heavy atom. The molecule has 0 unspecified atom stereocenters. The van der Waals surface area contributed by atoms with Crippen LogP contribution in [0.4, 0.5) is 5.69 Å². The van der Waals surface area contributed by atoms with Gasteiger partial charge in [-0.25, -0.2) is 4.98 Å². The van der Waals surface area contributed by atoms with Crippen LogP contribution in [0.2, 0.25) is 5.02 Å². The molecule has 0 spiro atoms. The lowest BCUT2D eigenvalue weighted by atomic mass is 10.3. The highest BCUT2D eigenvalue weighted by Crippen LogP contribution is 2.30. The van der Waals surface area contributed by atoms with Gasteiger partial charge in [0.25, 0.3) is 11.6 Å². The lowest BCUT2D eigenvalue weighted by molar-refractivity contribution is -0.385. The van der Waals surface area contributed by atoms with E-state index in [-0.39, 0.29) is 23.2 Å². The minimum atomic E-state index is -0.584. The first-order valence-electron chi connectivity index (χ1n) is 7.01. The maximum absolute atomic E-state index is 10.7. The zero-order valence-corrected chi connectivity index (χ0v) is 13.6. The number of aromatic nitrogens is 3.